The molecule has 0 heterocycles. The molecular weight excluding hydrogens is 160 g/mol. The van der Waals surface area contributed by atoms with Gasteiger partial charge in [0, 0.05) is 17.4 Å². The van der Waals surface area contributed by atoms with E-state index in [1.807, 2.05) is 6.92 Å². The molecule has 0 aliphatic heterocycles. The van der Waals surface area contributed by atoms with Crippen LogP contribution in [-0.2, 0) is 0 Å². The van der Waals surface area contributed by atoms with Gasteiger partial charge in [-0.3, -0.25) is 5.41 Å². The van der Waals surface area contributed by atoms with Crippen molar-refractivity contribution in [1.29, 1.82) is 5.41 Å². The summed E-state index contributed by atoms with van der Waals surface area (Å²) in [4.78, 5) is 0. The molecule has 4 heteroatoms. The Hall–Kier alpha value is -0.220. The van der Waals surface area contributed by atoms with Gasteiger partial charge >= 0.3 is 0 Å². The minimum Gasteiger partial charge on any atom is -0.392 e. The zero-order valence-electron chi connectivity index (χ0n) is 7.00. The van der Waals surface area contributed by atoms with Crippen LogP contribution < -0.4 is 5.73 Å². The summed E-state index contributed by atoms with van der Waals surface area (Å²) in [5, 5.41) is 16.3. The molecule has 0 fully saturated rings. The maximum Gasteiger partial charge on any atom is 0.0913 e. The van der Waals surface area contributed by atoms with Gasteiger partial charge in [-0.2, -0.15) is 11.8 Å². The minimum atomic E-state index is -0.285. The van der Waals surface area contributed by atoms with Crippen molar-refractivity contribution in [3.8, 4) is 0 Å². The number of thioether (sulfide) groups is 1. The van der Waals surface area contributed by atoms with Crippen molar-refractivity contribution in [2.75, 3.05) is 5.75 Å². The van der Waals surface area contributed by atoms with E-state index in [0.29, 0.717) is 6.42 Å². The van der Waals surface area contributed by atoms with Crippen LogP contribution in [-0.4, -0.2) is 28.0 Å². The van der Waals surface area contributed by atoms with Crippen molar-refractivity contribution >= 4 is 17.6 Å². The Bertz CT molecular complexity index is 128. The predicted molar refractivity (Wildman–Crippen MR) is 50.1 cm³/mol. The summed E-state index contributed by atoms with van der Waals surface area (Å²) < 4.78 is 0. The predicted octanol–water partition coefficient (Wildman–Crippen LogP) is 0.815. The Morgan fingerprint density at radius 2 is 2.18 bits per heavy atom. The van der Waals surface area contributed by atoms with Crippen molar-refractivity contribution in [2.24, 2.45) is 5.73 Å². The van der Waals surface area contributed by atoms with Gasteiger partial charge in [-0.1, -0.05) is 6.92 Å². The standard InChI is InChI=1S/C7H16N2OS/c1-5(10)6(2)11-4-3-7(8)9/h5-6,10H,3-4H2,1-2H3,(H3,8,9). The zero-order chi connectivity index (χ0) is 8.85. The first-order valence-electron chi connectivity index (χ1n) is 3.66. The molecule has 0 rings (SSSR count). The zero-order valence-corrected chi connectivity index (χ0v) is 7.82. The van der Waals surface area contributed by atoms with Gasteiger partial charge in [0.15, 0.2) is 0 Å². The Labute approximate surface area is 71.9 Å². The molecule has 0 saturated carbocycles. The molecule has 0 aliphatic rings. The fourth-order valence-corrected chi connectivity index (χ4v) is 1.48. The molecule has 0 aliphatic carbocycles. The van der Waals surface area contributed by atoms with Crippen molar-refractivity contribution in [3.05, 3.63) is 0 Å². The number of hydrogen-bond donors (Lipinski definition) is 3. The van der Waals surface area contributed by atoms with Crippen molar-refractivity contribution in [3.63, 3.8) is 0 Å². The third-order valence-corrected chi connectivity index (χ3v) is 2.79. The van der Waals surface area contributed by atoms with Gasteiger partial charge < -0.3 is 10.8 Å². The Balaban J connectivity index is 3.31. The van der Waals surface area contributed by atoms with Gasteiger partial charge in [0.05, 0.1) is 11.9 Å². The minimum absolute atomic E-state index is 0.218. The molecule has 11 heavy (non-hydrogen) atoms. The number of hydrogen-bond acceptors (Lipinski definition) is 3. The summed E-state index contributed by atoms with van der Waals surface area (Å²) in [7, 11) is 0. The van der Waals surface area contributed by atoms with Crippen molar-refractivity contribution in [1.82, 2.24) is 0 Å². The first kappa shape index (κ1) is 10.8. The molecular formula is C7H16N2OS. The van der Waals surface area contributed by atoms with Crippen molar-refractivity contribution < 1.29 is 5.11 Å². The molecule has 3 nitrogen and oxygen atoms in total. The van der Waals surface area contributed by atoms with E-state index in [2.05, 4.69) is 0 Å². The highest BCUT2D eigenvalue weighted by Gasteiger charge is 2.08. The topological polar surface area (TPSA) is 70.1 Å². The molecule has 0 aromatic heterocycles. The van der Waals surface area contributed by atoms with Gasteiger partial charge in [-0.25, -0.2) is 0 Å². The molecule has 2 unspecified atom stereocenters. The summed E-state index contributed by atoms with van der Waals surface area (Å²) in [5.74, 6) is 1.04. The van der Waals surface area contributed by atoms with Gasteiger partial charge in [0.1, 0.15) is 0 Å². The second-order valence-electron chi connectivity index (χ2n) is 2.59. The van der Waals surface area contributed by atoms with Gasteiger partial charge in [0.2, 0.25) is 0 Å². The van der Waals surface area contributed by atoms with Crippen LogP contribution in [0.1, 0.15) is 20.3 Å². The summed E-state index contributed by atoms with van der Waals surface area (Å²) in [6.45, 7) is 3.74. The number of rotatable bonds is 5. The number of aliphatic hydroxyl groups is 1. The largest absolute Gasteiger partial charge is 0.392 e. The Morgan fingerprint density at radius 1 is 1.64 bits per heavy atom. The molecule has 0 spiro atoms. The third kappa shape index (κ3) is 6.19. The smallest absolute Gasteiger partial charge is 0.0913 e. The lowest BCUT2D eigenvalue weighted by Crippen LogP contribution is -2.17. The Morgan fingerprint density at radius 3 is 2.55 bits per heavy atom. The fourth-order valence-electron chi connectivity index (χ4n) is 0.494. The number of aliphatic hydroxyl groups excluding tert-OH is 1. The molecule has 0 radical (unpaired) electrons. The maximum absolute atomic E-state index is 9.08. The number of nitrogens with one attached hydrogen (secondary N) is 1. The summed E-state index contributed by atoms with van der Waals surface area (Å²) in [5.41, 5.74) is 5.16. The van der Waals surface area contributed by atoms with E-state index in [4.69, 9.17) is 16.2 Å². The molecule has 2 atom stereocenters. The van der Waals surface area contributed by atoms with Crippen LogP contribution in [0.2, 0.25) is 0 Å². The van der Waals surface area contributed by atoms with E-state index in [1.54, 1.807) is 18.7 Å². The second-order valence-corrected chi connectivity index (χ2v) is 4.08. The molecule has 4 N–H and O–H groups in total. The Kier molecular flexibility index (Phi) is 5.32. The van der Waals surface area contributed by atoms with E-state index in [1.165, 1.54) is 0 Å². The van der Waals surface area contributed by atoms with Crippen molar-refractivity contribution in [2.45, 2.75) is 31.6 Å². The van der Waals surface area contributed by atoms with Gasteiger partial charge in [-0.15, -0.1) is 0 Å². The van der Waals surface area contributed by atoms with Crippen LogP contribution in [0.15, 0.2) is 0 Å². The number of nitrogens with two attached hydrogens (primary N) is 1. The monoisotopic (exact) mass is 176 g/mol. The first-order valence-corrected chi connectivity index (χ1v) is 4.71. The van der Waals surface area contributed by atoms with Crippen LogP contribution in [0, 0.1) is 5.41 Å². The van der Waals surface area contributed by atoms with E-state index >= 15 is 0 Å². The van der Waals surface area contributed by atoms with E-state index in [0.717, 1.165) is 5.75 Å². The average Bonchev–Trinajstić information content (AvgIpc) is 1.86. The quantitative estimate of drug-likeness (QED) is 0.429. The molecule has 0 amide bonds. The highest BCUT2D eigenvalue weighted by molar-refractivity contribution is 7.99. The highest BCUT2D eigenvalue weighted by Crippen LogP contribution is 2.14. The SMILES string of the molecule is CC(O)C(C)SCCC(=N)N. The van der Waals surface area contributed by atoms with Crippen LogP contribution in [0.5, 0.6) is 0 Å². The number of amidine groups is 1. The highest BCUT2D eigenvalue weighted by atomic mass is 32.2. The summed E-state index contributed by atoms with van der Waals surface area (Å²) in [6, 6.07) is 0. The van der Waals surface area contributed by atoms with E-state index in [9.17, 15) is 0 Å². The lowest BCUT2D eigenvalue weighted by atomic mass is 10.3. The van der Waals surface area contributed by atoms with Crippen LogP contribution >= 0.6 is 11.8 Å². The summed E-state index contributed by atoms with van der Waals surface area (Å²) in [6.07, 6.45) is 0.328. The molecule has 0 bridgehead atoms. The van der Waals surface area contributed by atoms with Crippen LogP contribution in [0.25, 0.3) is 0 Å². The molecule has 66 valence electrons. The van der Waals surface area contributed by atoms with Crippen LogP contribution in [0.3, 0.4) is 0 Å². The van der Waals surface area contributed by atoms with Gasteiger partial charge in [-0.05, 0) is 6.92 Å². The normalized spacial score (nSPS) is 15.9. The second kappa shape index (κ2) is 5.43. The third-order valence-electron chi connectivity index (χ3n) is 1.43. The fraction of sp³-hybridized carbons (Fsp3) is 0.857. The molecule has 0 saturated heterocycles. The molecule has 0 aromatic carbocycles. The average molecular weight is 176 g/mol. The van der Waals surface area contributed by atoms with Gasteiger partial charge in [0.25, 0.3) is 0 Å². The molecule has 0 aromatic rings. The lowest BCUT2D eigenvalue weighted by molar-refractivity contribution is 0.196. The lowest BCUT2D eigenvalue weighted by Gasteiger charge is -2.13. The summed E-state index contributed by atoms with van der Waals surface area (Å²) >= 11 is 1.64. The van der Waals surface area contributed by atoms with Crippen LogP contribution in [0.4, 0.5) is 0 Å². The van der Waals surface area contributed by atoms with E-state index < -0.39 is 0 Å². The van der Waals surface area contributed by atoms with E-state index in [-0.39, 0.29) is 17.2 Å². The first-order chi connectivity index (χ1) is 5.04. The maximum atomic E-state index is 9.08.